The van der Waals surface area contributed by atoms with Crippen LogP contribution in [0.5, 0.6) is 0 Å². The Bertz CT molecular complexity index is 407. The average molecular weight is 359 g/mol. The number of halogens is 1. The van der Waals surface area contributed by atoms with E-state index < -0.39 is 0 Å². The number of nitrogens with one attached hydrogen (secondary N) is 1. The normalized spacial score (nSPS) is 25.8. The standard InChI is InChI=1S/C16H27BrN2S/c1-4-6-13-9-18-15(12(3)5-2)11-19(13)10-14-7-8-16(17)20-14/h7-8,12-13,15,18H,4-6,9-11H2,1-3H3. The van der Waals surface area contributed by atoms with Gasteiger partial charge in [-0.05, 0) is 40.4 Å². The van der Waals surface area contributed by atoms with E-state index in [1.54, 1.807) is 0 Å². The molecule has 1 N–H and O–H groups in total. The molecule has 0 amide bonds. The summed E-state index contributed by atoms with van der Waals surface area (Å²) >= 11 is 5.45. The van der Waals surface area contributed by atoms with Gasteiger partial charge in [-0.3, -0.25) is 4.90 Å². The first-order valence-electron chi connectivity index (χ1n) is 7.85. The molecule has 0 aromatic carbocycles. The van der Waals surface area contributed by atoms with Crippen molar-refractivity contribution in [2.24, 2.45) is 5.92 Å². The van der Waals surface area contributed by atoms with E-state index in [1.807, 2.05) is 11.3 Å². The maximum absolute atomic E-state index is 3.78. The highest BCUT2D eigenvalue weighted by atomic mass is 79.9. The Kier molecular flexibility index (Phi) is 6.53. The summed E-state index contributed by atoms with van der Waals surface area (Å²) in [5, 5.41) is 3.78. The highest BCUT2D eigenvalue weighted by Crippen LogP contribution is 2.26. The van der Waals surface area contributed by atoms with Gasteiger partial charge in [-0.2, -0.15) is 0 Å². The van der Waals surface area contributed by atoms with Crippen molar-refractivity contribution < 1.29 is 0 Å². The van der Waals surface area contributed by atoms with Crippen molar-refractivity contribution in [2.75, 3.05) is 13.1 Å². The van der Waals surface area contributed by atoms with Crippen LogP contribution in [-0.4, -0.2) is 30.1 Å². The maximum Gasteiger partial charge on any atom is 0.0701 e. The van der Waals surface area contributed by atoms with Gasteiger partial charge in [0, 0.05) is 36.6 Å². The van der Waals surface area contributed by atoms with Gasteiger partial charge in [-0.15, -0.1) is 11.3 Å². The van der Waals surface area contributed by atoms with Gasteiger partial charge < -0.3 is 5.32 Å². The van der Waals surface area contributed by atoms with E-state index in [-0.39, 0.29) is 0 Å². The molecule has 3 unspecified atom stereocenters. The van der Waals surface area contributed by atoms with Crippen LogP contribution in [0.25, 0.3) is 0 Å². The summed E-state index contributed by atoms with van der Waals surface area (Å²) in [5.74, 6) is 0.759. The van der Waals surface area contributed by atoms with Crippen molar-refractivity contribution in [1.29, 1.82) is 0 Å². The Hall–Kier alpha value is 0.1000. The fraction of sp³-hybridized carbons (Fsp3) is 0.750. The van der Waals surface area contributed by atoms with E-state index in [1.165, 1.54) is 34.5 Å². The smallest absolute Gasteiger partial charge is 0.0701 e. The highest BCUT2D eigenvalue weighted by Gasteiger charge is 2.29. The summed E-state index contributed by atoms with van der Waals surface area (Å²) in [6, 6.07) is 5.78. The van der Waals surface area contributed by atoms with Crippen LogP contribution < -0.4 is 5.32 Å². The van der Waals surface area contributed by atoms with Gasteiger partial charge in [0.25, 0.3) is 0 Å². The van der Waals surface area contributed by atoms with Gasteiger partial charge in [0.2, 0.25) is 0 Å². The molecule has 1 saturated heterocycles. The lowest BCUT2D eigenvalue weighted by atomic mass is 9.94. The van der Waals surface area contributed by atoms with Gasteiger partial charge in [-0.25, -0.2) is 0 Å². The van der Waals surface area contributed by atoms with Crippen LogP contribution in [0.3, 0.4) is 0 Å². The molecule has 2 heterocycles. The van der Waals surface area contributed by atoms with Crippen molar-refractivity contribution >= 4 is 27.3 Å². The minimum absolute atomic E-state index is 0.650. The molecule has 0 radical (unpaired) electrons. The molecule has 2 rings (SSSR count). The van der Waals surface area contributed by atoms with Crippen LogP contribution in [-0.2, 0) is 6.54 Å². The fourth-order valence-corrected chi connectivity index (χ4v) is 4.51. The maximum atomic E-state index is 3.78. The topological polar surface area (TPSA) is 15.3 Å². The monoisotopic (exact) mass is 358 g/mol. The van der Waals surface area contributed by atoms with Crippen molar-refractivity contribution in [3.05, 3.63) is 20.8 Å². The van der Waals surface area contributed by atoms with Crippen LogP contribution in [0.4, 0.5) is 0 Å². The van der Waals surface area contributed by atoms with E-state index in [4.69, 9.17) is 0 Å². The molecule has 1 fully saturated rings. The van der Waals surface area contributed by atoms with Crippen LogP contribution in [0.15, 0.2) is 15.9 Å². The quantitative estimate of drug-likeness (QED) is 0.805. The summed E-state index contributed by atoms with van der Waals surface area (Å²) in [6.45, 7) is 10.4. The van der Waals surface area contributed by atoms with Gasteiger partial charge in [0.1, 0.15) is 0 Å². The van der Waals surface area contributed by atoms with E-state index >= 15 is 0 Å². The van der Waals surface area contributed by atoms with Crippen molar-refractivity contribution in [3.63, 3.8) is 0 Å². The molecule has 1 aromatic rings. The van der Waals surface area contributed by atoms with Crippen LogP contribution in [0, 0.1) is 5.92 Å². The first-order chi connectivity index (χ1) is 9.63. The Labute approximate surface area is 136 Å². The SMILES string of the molecule is CCCC1CNC(C(C)CC)CN1Cc1ccc(Br)s1. The van der Waals surface area contributed by atoms with Gasteiger partial charge in [0.05, 0.1) is 3.79 Å². The molecule has 0 aliphatic carbocycles. The molecule has 1 aliphatic rings. The Morgan fingerprint density at radius 2 is 2.25 bits per heavy atom. The zero-order valence-corrected chi connectivity index (χ0v) is 15.3. The molecule has 0 spiro atoms. The number of hydrogen-bond donors (Lipinski definition) is 1. The summed E-state index contributed by atoms with van der Waals surface area (Å²) < 4.78 is 1.24. The van der Waals surface area contributed by atoms with E-state index in [2.05, 4.69) is 59.1 Å². The van der Waals surface area contributed by atoms with Crippen molar-refractivity contribution in [2.45, 2.75) is 58.7 Å². The number of hydrogen-bond acceptors (Lipinski definition) is 3. The van der Waals surface area contributed by atoms with Gasteiger partial charge in [0.15, 0.2) is 0 Å². The predicted molar refractivity (Wildman–Crippen MR) is 92.4 cm³/mol. The number of piperazine rings is 1. The molecular weight excluding hydrogens is 332 g/mol. The van der Waals surface area contributed by atoms with E-state index in [9.17, 15) is 0 Å². The van der Waals surface area contributed by atoms with Crippen LogP contribution in [0.2, 0.25) is 0 Å². The highest BCUT2D eigenvalue weighted by molar-refractivity contribution is 9.11. The number of nitrogens with zero attached hydrogens (tertiary/aromatic N) is 1. The second kappa shape index (κ2) is 7.92. The molecule has 1 aliphatic heterocycles. The number of thiophene rings is 1. The largest absolute Gasteiger partial charge is 0.311 e. The lowest BCUT2D eigenvalue weighted by molar-refractivity contribution is 0.0970. The lowest BCUT2D eigenvalue weighted by Crippen LogP contribution is -2.57. The van der Waals surface area contributed by atoms with E-state index in [0.717, 1.165) is 19.0 Å². The molecule has 1 aromatic heterocycles. The minimum atomic E-state index is 0.650. The van der Waals surface area contributed by atoms with Crippen LogP contribution in [0.1, 0.15) is 44.9 Å². The number of rotatable bonds is 6. The summed E-state index contributed by atoms with van der Waals surface area (Å²) in [6.07, 6.45) is 3.83. The second-order valence-electron chi connectivity index (χ2n) is 5.98. The molecule has 0 saturated carbocycles. The third-order valence-electron chi connectivity index (χ3n) is 4.50. The van der Waals surface area contributed by atoms with Crippen molar-refractivity contribution in [1.82, 2.24) is 10.2 Å². The van der Waals surface area contributed by atoms with Gasteiger partial charge in [-0.1, -0.05) is 33.6 Å². The molecule has 0 bridgehead atoms. The minimum Gasteiger partial charge on any atom is -0.311 e. The Balaban J connectivity index is 2.02. The second-order valence-corrected chi connectivity index (χ2v) is 8.53. The molecular formula is C16H27BrN2S. The van der Waals surface area contributed by atoms with Crippen molar-refractivity contribution in [3.8, 4) is 0 Å². The van der Waals surface area contributed by atoms with Crippen LogP contribution >= 0.6 is 27.3 Å². The summed E-state index contributed by atoms with van der Waals surface area (Å²) in [5.41, 5.74) is 0. The molecule has 2 nitrogen and oxygen atoms in total. The van der Waals surface area contributed by atoms with Gasteiger partial charge >= 0.3 is 0 Å². The average Bonchev–Trinajstić information content (AvgIpc) is 2.85. The van der Waals surface area contributed by atoms with E-state index in [0.29, 0.717) is 12.1 Å². The zero-order chi connectivity index (χ0) is 14.5. The molecule has 114 valence electrons. The fourth-order valence-electron chi connectivity index (χ4n) is 3.00. The first-order valence-corrected chi connectivity index (χ1v) is 9.46. The third kappa shape index (κ3) is 4.30. The third-order valence-corrected chi connectivity index (χ3v) is 6.11. The lowest BCUT2D eigenvalue weighted by Gasteiger charge is -2.42. The summed E-state index contributed by atoms with van der Waals surface area (Å²) in [7, 11) is 0. The molecule has 4 heteroatoms. The molecule has 3 atom stereocenters. The zero-order valence-electron chi connectivity index (χ0n) is 12.9. The Morgan fingerprint density at radius 3 is 2.85 bits per heavy atom. The predicted octanol–water partition coefficient (Wildman–Crippen LogP) is 4.50. The summed E-state index contributed by atoms with van der Waals surface area (Å²) in [4.78, 5) is 4.18. The molecule has 20 heavy (non-hydrogen) atoms. The first kappa shape index (κ1) is 16.5. The Morgan fingerprint density at radius 1 is 1.45 bits per heavy atom.